The lowest BCUT2D eigenvalue weighted by Gasteiger charge is -2.19. The topological polar surface area (TPSA) is 139 Å². The van der Waals surface area contributed by atoms with Crippen molar-refractivity contribution in [1.29, 1.82) is 5.41 Å². The number of nitrogens with two attached hydrogens (primary N) is 2. The van der Waals surface area contributed by atoms with Crippen LogP contribution < -0.4 is 22.1 Å². The van der Waals surface area contributed by atoms with E-state index in [1.165, 1.54) is 0 Å². The molecule has 0 aromatic heterocycles. The van der Waals surface area contributed by atoms with Crippen molar-refractivity contribution in [2.75, 3.05) is 6.54 Å². The van der Waals surface area contributed by atoms with E-state index in [1.54, 1.807) is 6.21 Å². The molecule has 8 nitrogen and oxygen atoms in total. The minimum Gasteiger partial charge on any atom is -0.391 e. The van der Waals surface area contributed by atoms with Gasteiger partial charge in [0.05, 0.1) is 18.3 Å². The molecule has 0 spiro atoms. The van der Waals surface area contributed by atoms with Crippen LogP contribution in [0.5, 0.6) is 0 Å². The number of oxime groups is 1. The van der Waals surface area contributed by atoms with Crippen molar-refractivity contribution in [3.8, 4) is 0 Å². The number of amides is 1. The summed E-state index contributed by atoms with van der Waals surface area (Å²) in [5, 5.41) is 16.7. The van der Waals surface area contributed by atoms with Gasteiger partial charge in [0.25, 0.3) is 0 Å². The molecular formula is C19H32N6O2. The molecule has 0 radical (unpaired) electrons. The monoisotopic (exact) mass is 376 g/mol. The van der Waals surface area contributed by atoms with Crippen molar-refractivity contribution < 1.29 is 9.63 Å². The Kier molecular flexibility index (Phi) is 10.5. The highest BCUT2D eigenvalue weighted by Crippen LogP contribution is 2.05. The van der Waals surface area contributed by atoms with Crippen molar-refractivity contribution in [3.63, 3.8) is 0 Å². The first kappa shape index (κ1) is 22.4. The van der Waals surface area contributed by atoms with E-state index in [0.29, 0.717) is 31.9 Å². The van der Waals surface area contributed by atoms with Crippen LogP contribution in [0, 0.1) is 11.3 Å². The van der Waals surface area contributed by atoms with Crippen molar-refractivity contribution in [1.82, 2.24) is 10.6 Å². The highest BCUT2D eigenvalue weighted by atomic mass is 16.6. The second kappa shape index (κ2) is 12.7. The summed E-state index contributed by atoms with van der Waals surface area (Å²) in [5.41, 5.74) is 12.2. The van der Waals surface area contributed by atoms with Gasteiger partial charge in [-0.3, -0.25) is 10.2 Å². The Hall–Kier alpha value is -2.61. The number of nitrogens with zero attached hydrogens (tertiary/aromatic N) is 1. The Labute approximate surface area is 161 Å². The van der Waals surface area contributed by atoms with Gasteiger partial charge in [0.2, 0.25) is 5.91 Å². The van der Waals surface area contributed by atoms with Crippen molar-refractivity contribution in [2.45, 2.75) is 51.8 Å². The molecule has 1 aromatic carbocycles. The van der Waals surface area contributed by atoms with Gasteiger partial charge in [-0.05, 0) is 30.7 Å². The van der Waals surface area contributed by atoms with E-state index >= 15 is 0 Å². The summed E-state index contributed by atoms with van der Waals surface area (Å²) in [6.07, 6.45) is 3.51. The molecule has 0 fully saturated rings. The van der Waals surface area contributed by atoms with E-state index in [2.05, 4.69) is 29.6 Å². The third-order valence-corrected chi connectivity index (χ3v) is 3.79. The van der Waals surface area contributed by atoms with Crippen LogP contribution in [0.3, 0.4) is 0 Å². The fourth-order valence-corrected chi connectivity index (χ4v) is 2.43. The van der Waals surface area contributed by atoms with Gasteiger partial charge >= 0.3 is 0 Å². The predicted octanol–water partition coefficient (Wildman–Crippen LogP) is 1.31. The number of nitrogens with one attached hydrogen (secondary N) is 3. The van der Waals surface area contributed by atoms with Crippen molar-refractivity contribution in [3.05, 3.63) is 35.9 Å². The molecule has 1 rings (SSSR count). The van der Waals surface area contributed by atoms with E-state index in [4.69, 9.17) is 21.7 Å². The molecule has 0 saturated heterocycles. The lowest BCUT2D eigenvalue weighted by molar-refractivity contribution is -0.122. The number of rotatable bonds is 12. The molecule has 1 amide bonds. The molecule has 27 heavy (non-hydrogen) atoms. The van der Waals surface area contributed by atoms with Crippen LogP contribution in [0.15, 0.2) is 35.5 Å². The summed E-state index contributed by atoms with van der Waals surface area (Å²) in [7, 11) is 0. The van der Waals surface area contributed by atoms with Crippen LogP contribution in [0.1, 0.15) is 38.7 Å². The van der Waals surface area contributed by atoms with E-state index < -0.39 is 6.04 Å². The van der Waals surface area contributed by atoms with Gasteiger partial charge in [-0.25, -0.2) is 0 Å². The predicted molar refractivity (Wildman–Crippen MR) is 108 cm³/mol. The van der Waals surface area contributed by atoms with Crippen LogP contribution in [-0.2, 0) is 16.2 Å². The lowest BCUT2D eigenvalue weighted by atomic mass is 10.0. The van der Waals surface area contributed by atoms with Crippen molar-refractivity contribution in [2.24, 2.45) is 22.5 Å². The number of hydrogen-bond donors (Lipinski definition) is 5. The Morgan fingerprint density at radius 1 is 1.33 bits per heavy atom. The molecule has 0 unspecified atom stereocenters. The number of guanidine groups is 1. The minimum atomic E-state index is -0.618. The number of carbonyl (C=O) groups is 1. The van der Waals surface area contributed by atoms with Gasteiger partial charge in [-0.1, -0.05) is 49.3 Å². The SMILES string of the molecule is CC(C)C[C@@H](C=NOCc1ccccc1)NC(=O)[C@@H](N)CCCNC(=N)N. The van der Waals surface area contributed by atoms with Gasteiger partial charge in [-0.15, -0.1) is 0 Å². The molecule has 0 heterocycles. The molecule has 0 aliphatic heterocycles. The van der Waals surface area contributed by atoms with E-state index in [9.17, 15) is 4.79 Å². The van der Waals surface area contributed by atoms with Crippen LogP contribution in [-0.4, -0.2) is 36.7 Å². The smallest absolute Gasteiger partial charge is 0.237 e. The summed E-state index contributed by atoms with van der Waals surface area (Å²) in [6.45, 7) is 5.04. The number of carbonyl (C=O) groups excluding carboxylic acids is 1. The minimum absolute atomic E-state index is 0.0864. The largest absolute Gasteiger partial charge is 0.391 e. The molecule has 0 aliphatic rings. The average Bonchev–Trinajstić information content (AvgIpc) is 2.62. The number of hydrogen-bond acceptors (Lipinski definition) is 5. The third kappa shape index (κ3) is 10.9. The Morgan fingerprint density at radius 3 is 2.67 bits per heavy atom. The summed E-state index contributed by atoms with van der Waals surface area (Å²) in [4.78, 5) is 17.6. The highest BCUT2D eigenvalue weighted by Gasteiger charge is 2.18. The van der Waals surface area contributed by atoms with E-state index in [-0.39, 0.29) is 17.9 Å². The second-order valence-corrected chi connectivity index (χ2v) is 6.85. The zero-order valence-corrected chi connectivity index (χ0v) is 16.2. The zero-order chi connectivity index (χ0) is 20.1. The van der Waals surface area contributed by atoms with Gasteiger partial charge in [0, 0.05) is 6.54 Å². The fraction of sp³-hybridized carbons (Fsp3) is 0.526. The standard InChI is InChI=1S/C19H32N6O2/c1-14(2)11-16(12-24-27-13-15-7-4-3-5-8-15)25-18(26)17(20)9-6-10-23-19(21)22/h3-5,7-8,12,14,16-17H,6,9-11,13,20H2,1-2H3,(H,25,26)(H4,21,22,23)/t16-,17-/m0/s1. The molecule has 150 valence electrons. The van der Waals surface area contributed by atoms with Gasteiger partial charge in [0.1, 0.15) is 6.61 Å². The summed E-state index contributed by atoms with van der Waals surface area (Å²) in [5.74, 6) is 0.0709. The molecule has 8 heteroatoms. The molecule has 2 atom stereocenters. The van der Waals surface area contributed by atoms with Gasteiger partial charge in [0.15, 0.2) is 5.96 Å². The summed E-state index contributed by atoms with van der Waals surface area (Å²) < 4.78 is 0. The maximum Gasteiger partial charge on any atom is 0.237 e. The Balaban J connectivity index is 2.43. The van der Waals surface area contributed by atoms with Crippen LogP contribution in [0.25, 0.3) is 0 Å². The average molecular weight is 377 g/mol. The van der Waals surface area contributed by atoms with Crippen LogP contribution in [0.4, 0.5) is 0 Å². The third-order valence-electron chi connectivity index (χ3n) is 3.79. The first-order chi connectivity index (χ1) is 12.9. The summed E-state index contributed by atoms with van der Waals surface area (Å²) >= 11 is 0. The quantitative estimate of drug-likeness (QED) is 0.162. The molecule has 0 aliphatic carbocycles. The first-order valence-electron chi connectivity index (χ1n) is 9.21. The second-order valence-electron chi connectivity index (χ2n) is 6.85. The molecular weight excluding hydrogens is 344 g/mol. The summed E-state index contributed by atoms with van der Waals surface area (Å²) in [6, 6.07) is 8.89. The number of benzene rings is 1. The Morgan fingerprint density at radius 2 is 2.04 bits per heavy atom. The van der Waals surface area contributed by atoms with Crippen LogP contribution >= 0.6 is 0 Å². The fourth-order valence-electron chi connectivity index (χ4n) is 2.43. The van der Waals surface area contributed by atoms with Gasteiger partial charge < -0.3 is 26.9 Å². The molecule has 7 N–H and O–H groups in total. The molecule has 0 bridgehead atoms. The lowest BCUT2D eigenvalue weighted by Crippen LogP contribution is -2.46. The molecule has 1 aromatic rings. The highest BCUT2D eigenvalue weighted by molar-refractivity contribution is 5.84. The maximum absolute atomic E-state index is 12.3. The zero-order valence-electron chi connectivity index (χ0n) is 16.2. The maximum atomic E-state index is 12.3. The Bertz CT molecular complexity index is 591. The van der Waals surface area contributed by atoms with Crippen molar-refractivity contribution >= 4 is 18.1 Å². The van der Waals surface area contributed by atoms with E-state index in [1.807, 2.05) is 30.3 Å². The molecule has 0 saturated carbocycles. The van der Waals surface area contributed by atoms with Crippen LogP contribution in [0.2, 0.25) is 0 Å². The van der Waals surface area contributed by atoms with Gasteiger partial charge in [-0.2, -0.15) is 0 Å². The normalized spacial score (nSPS) is 13.3. The van der Waals surface area contributed by atoms with E-state index in [0.717, 1.165) is 12.0 Å². The first-order valence-corrected chi connectivity index (χ1v) is 9.21.